The van der Waals surface area contributed by atoms with Gasteiger partial charge in [0.2, 0.25) is 5.91 Å². The first-order valence-corrected chi connectivity index (χ1v) is 10.3. The van der Waals surface area contributed by atoms with Gasteiger partial charge in [-0.2, -0.15) is 0 Å². The largest absolute Gasteiger partial charge is 0.376 e. The minimum absolute atomic E-state index is 0. The number of ether oxygens (including phenoxy) is 1. The Bertz CT molecular complexity index is 1010. The number of hydrogen-bond donors (Lipinski definition) is 1. The number of nitrogens with one attached hydrogen (secondary N) is 1. The fourth-order valence-electron chi connectivity index (χ4n) is 3.40. The molecule has 0 aliphatic carbocycles. The summed E-state index contributed by atoms with van der Waals surface area (Å²) < 4.78 is 8.09. The number of anilines is 1. The van der Waals surface area contributed by atoms with Crippen molar-refractivity contribution >= 4 is 40.3 Å². The third kappa shape index (κ3) is 5.15. The van der Waals surface area contributed by atoms with Gasteiger partial charge in [0.25, 0.3) is 0 Å². The van der Waals surface area contributed by atoms with E-state index in [0.29, 0.717) is 6.54 Å². The molecule has 1 aromatic heterocycles. The first kappa shape index (κ1) is 21.3. The molecule has 152 valence electrons. The van der Waals surface area contributed by atoms with Gasteiger partial charge in [0, 0.05) is 19.1 Å². The number of amides is 1. The molecule has 1 aliphatic rings. The Morgan fingerprint density at radius 3 is 2.48 bits per heavy atom. The Morgan fingerprint density at radius 1 is 1.17 bits per heavy atom. The summed E-state index contributed by atoms with van der Waals surface area (Å²) in [6.45, 7) is 3.05. The summed E-state index contributed by atoms with van der Waals surface area (Å²) in [5.74, 6) is -0.0889. The van der Waals surface area contributed by atoms with Crippen molar-refractivity contribution in [3.05, 3.63) is 65.5 Å². The van der Waals surface area contributed by atoms with Crippen LogP contribution < -0.4 is 10.1 Å². The first-order valence-electron chi connectivity index (χ1n) is 9.49. The third-order valence-corrected chi connectivity index (χ3v) is 5.63. The van der Waals surface area contributed by atoms with E-state index in [-0.39, 0.29) is 24.4 Å². The Kier molecular flexibility index (Phi) is 7.25. The third-order valence-electron chi connectivity index (χ3n) is 4.64. The summed E-state index contributed by atoms with van der Waals surface area (Å²) in [6, 6.07) is 20.0. The Balaban J connectivity index is 0.00000240. The number of nitrogens with zero attached hydrogens (tertiary/aromatic N) is 2. The molecule has 0 saturated carbocycles. The van der Waals surface area contributed by atoms with Crippen molar-refractivity contribution in [2.45, 2.75) is 32.4 Å². The fraction of sp³-hybridized carbons (Fsp3) is 0.273. The normalized spacial score (nSPS) is 16.4. The van der Waals surface area contributed by atoms with Crippen molar-refractivity contribution in [3.63, 3.8) is 0 Å². The molecule has 1 saturated heterocycles. The predicted octanol–water partition coefficient (Wildman–Crippen LogP) is 5.01. The van der Waals surface area contributed by atoms with E-state index in [1.165, 1.54) is 18.3 Å². The lowest BCUT2D eigenvalue weighted by atomic mass is 10.1. The highest BCUT2D eigenvalue weighted by Gasteiger charge is 2.22. The van der Waals surface area contributed by atoms with Gasteiger partial charge in [0.15, 0.2) is 4.80 Å². The summed E-state index contributed by atoms with van der Waals surface area (Å²) in [5, 5.41) is 3.81. The molecule has 1 N–H and O–H groups in total. The van der Waals surface area contributed by atoms with Crippen LogP contribution in [0.25, 0.3) is 11.3 Å². The molecule has 1 unspecified atom stereocenters. The van der Waals surface area contributed by atoms with Gasteiger partial charge < -0.3 is 14.6 Å². The second kappa shape index (κ2) is 9.87. The van der Waals surface area contributed by atoms with Gasteiger partial charge in [0.05, 0.1) is 24.0 Å². The average molecular weight is 430 g/mol. The molecule has 5 nitrogen and oxygen atoms in total. The van der Waals surface area contributed by atoms with Crippen molar-refractivity contribution in [2.24, 2.45) is 4.99 Å². The maximum Gasteiger partial charge on any atom is 0.221 e. The second-order valence-corrected chi connectivity index (χ2v) is 7.78. The van der Waals surface area contributed by atoms with Crippen LogP contribution in [0.15, 0.2) is 65.7 Å². The standard InChI is InChI=1S/C22H23N3O2S.ClH/c1-16(26)23-21-20(17-9-4-2-5-10-17)25(15-19-13-8-14-27-19)22(28-21)24-18-11-6-3-7-12-18;/h2-7,9-12,19H,8,13-15H2,1H3,(H,23,26);1H. The van der Waals surface area contributed by atoms with Crippen molar-refractivity contribution < 1.29 is 9.53 Å². The van der Waals surface area contributed by atoms with Crippen molar-refractivity contribution in [2.75, 3.05) is 11.9 Å². The maximum absolute atomic E-state index is 11.9. The van der Waals surface area contributed by atoms with Gasteiger partial charge in [-0.25, -0.2) is 4.99 Å². The molecule has 1 amide bonds. The number of carbonyl (C=O) groups is 1. The van der Waals surface area contributed by atoms with Gasteiger partial charge in [-0.05, 0) is 25.0 Å². The molecule has 29 heavy (non-hydrogen) atoms. The second-order valence-electron chi connectivity index (χ2n) is 6.80. The van der Waals surface area contributed by atoms with E-state index < -0.39 is 0 Å². The number of para-hydroxylation sites is 1. The molecule has 3 aromatic rings. The van der Waals surface area contributed by atoms with Gasteiger partial charge >= 0.3 is 0 Å². The van der Waals surface area contributed by atoms with Crippen LogP contribution in [0, 0.1) is 0 Å². The lowest BCUT2D eigenvalue weighted by Crippen LogP contribution is -2.24. The van der Waals surface area contributed by atoms with Gasteiger partial charge in [-0.15, -0.1) is 12.4 Å². The fourth-order valence-corrected chi connectivity index (χ4v) is 4.53. The van der Waals surface area contributed by atoms with Crippen LogP contribution in [0.4, 0.5) is 10.7 Å². The van der Waals surface area contributed by atoms with Crippen LogP contribution in [-0.4, -0.2) is 23.2 Å². The van der Waals surface area contributed by atoms with E-state index in [1.807, 2.05) is 48.5 Å². The van der Waals surface area contributed by atoms with E-state index >= 15 is 0 Å². The van der Waals surface area contributed by atoms with Crippen LogP contribution in [0.1, 0.15) is 19.8 Å². The molecule has 1 fully saturated rings. The van der Waals surface area contributed by atoms with E-state index in [9.17, 15) is 4.79 Å². The highest BCUT2D eigenvalue weighted by atomic mass is 35.5. The quantitative estimate of drug-likeness (QED) is 0.619. The molecule has 4 rings (SSSR count). The average Bonchev–Trinajstić information content (AvgIpc) is 3.32. The number of benzene rings is 2. The zero-order valence-corrected chi connectivity index (χ0v) is 17.8. The molecule has 1 aliphatic heterocycles. The highest BCUT2D eigenvalue weighted by Crippen LogP contribution is 2.32. The monoisotopic (exact) mass is 429 g/mol. The number of rotatable bonds is 5. The van der Waals surface area contributed by atoms with E-state index in [4.69, 9.17) is 9.73 Å². The van der Waals surface area contributed by atoms with Crippen LogP contribution in [0.3, 0.4) is 0 Å². The Labute approximate surface area is 180 Å². The first-order chi connectivity index (χ1) is 13.7. The van der Waals surface area contributed by atoms with E-state index in [1.54, 1.807) is 0 Å². The number of aromatic nitrogens is 1. The Morgan fingerprint density at radius 2 is 1.86 bits per heavy atom. The lowest BCUT2D eigenvalue weighted by Gasteiger charge is -2.15. The number of halogens is 1. The molecule has 1 atom stereocenters. The summed E-state index contributed by atoms with van der Waals surface area (Å²) in [6.07, 6.45) is 2.29. The molecule has 0 spiro atoms. The van der Waals surface area contributed by atoms with Crippen molar-refractivity contribution in [1.29, 1.82) is 0 Å². The van der Waals surface area contributed by atoms with Crippen LogP contribution in [-0.2, 0) is 16.1 Å². The lowest BCUT2D eigenvalue weighted by molar-refractivity contribution is -0.114. The molecular weight excluding hydrogens is 406 g/mol. The zero-order valence-electron chi connectivity index (χ0n) is 16.2. The SMILES string of the molecule is CC(=O)Nc1sc(=Nc2ccccc2)n(CC2CCCO2)c1-c1ccccc1.Cl. The minimum atomic E-state index is -0.0889. The number of hydrogen-bond acceptors (Lipinski definition) is 4. The van der Waals surface area contributed by atoms with Gasteiger partial charge in [0.1, 0.15) is 5.00 Å². The number of carbonyl (C=O) groups excluding carboxylic acids is 1. The van der Waals surface area contributed by atoms with Crippen LogP contribution >= 0.6 is 23.7 Å². The predicted molar refractivity (Wildman–Crippen MR) is 120 cm³/mol. The summed E-state index contributed by atoms with van der Waals surface area (Å²) in [7, 11) is 0. The number of thiazole rings is 1. The Hall–Kier alpha value is -2.41. The summed E-state index contributed by atoms with van der Waals surface area (Å²) in [4.78, 5) is 17.6. The van der Waals surface area contributed by atoms with Crippen molar-refractivity contribution in [1.82, 2.24) is 4.57 Å². The molecule has 2 aromatic carbocycles. The minimum Gasteiger partial charge on any atom is -0.376 e. The summed E-state index contributed by atoms with van der Waals surface area (Å²) in [5.41, 5.74) is 2.92. The van der Waals surface area contributed by atoms with Crippen LogP contribution in [0.2, 0.25) is 0 Å². The van der Waals surface area contributed by atoms with E-state index in [2.05, 4.69) is 22.0 Å². The summed E-state index contributed by atoms with van der Waals surface area (Å²) >= 11 is 1.50. The molecule has 0 radical (unpaired) electrons. The topological polar surface area (TPSA) is 55.6 Å². The van der Waals surface area contributed by atoms with Gasteiger partial charge in [-0.1, -0.05) is 59.9 Å². The zero-order chi connectivity index (χ0) is 19.3. The smallest absolute Gasteiger partial charge is 0.221 e. The van der Waals surface area contributed by atoms with Crippen molar-refractivity contribution in [3.8, 4) is 11.3 Å². The highest BCUT2D eigenvalue weighted by molar-refractivity contribution is 7.14. The molecular formula is C22H24ClN3O2S. The molecule has 0 bridgehead atoms. The van der Waals surface area contributed by atoms with E-state index in [0.717, 1.165) is 46.2 Å². The maximum atomic E-state index is 11.9. The molecule has 2 heterocycles. The van der Waals surface area contributed by atoms with Crippen LogP contribution in [0.5, 0.6) is 0 Å². The van der Waals surface area contributed by atoms with Gasteiger partial charge in [-0.3, -0.25) is 4.79 Å². The molecule has 7 heteroatoms.